The summed E-state index contributed by atoms with van der Waals surface area (Å²) in [5.74, 6) is -0.00395. The summed E-state index contributed by atoms with van der Waals surface area (Å²) in [5.41, 5.74) is 0.506. The summed E-state index contributed by atoms with van der Waals surface area (Å²) in [6.45, 7) is 7.18. The molecule has 33 heavy (non-hydrogen) atoms. The number of phenols is 1. The van der Waals surface area contributed by atoms with E-state index in [0.717, 1.165) is 23.5 Å². The van der Waals surface area contributed by atoms with Crippen molar-refractivity contribution in [1.29, 1.82) is 0 Å². The van der Waals surface area contributed by atoms with Crippen LogP contribution in [-0.2, 0) is 11.2 Å². The number of carbonyl (C=O) groups is 3. The molecule has 2 N–H and O–H groups in total. The molecule has 0 amide bonds. The lowest BCUT2D eigenvalue weighted by Gasteiger charge is -2.21. The number of Topliss-reactive ketones (excluding diaryl/α,β-unsaturated/α-hetero) is 2. The molecule has 0 spiro atoms. The van der Waals surface area contributed by atoms with Gasteiger partial charge in [-0.15, -0.1) is 11.8 Å². The van der Waals surface area contributed by atoms with Gasteiger partial charge in [-0.05, 0) is 44.0 Å². The molecule has 6 nitrogen and oxygen atoms in total. The van der Waals surface area contributed by atoms with Crippen LogP contribution in [-0.4, -0.2) is 40.1 Å². The van der Waals surface area contributed by atoms with Gasteiger partial charge in [-0.25, -0.2) is 0 Å². The molecular formula is C26H32O6S. The first-order valence-electron chi connectivity index (χ1n) is 11.0. The molecule has 0 aliphatic carbocycles. The van der Waals surface area contributed by atoms with E-state index in [1.54, 1.807) is 55.9 Å². The summed E-state index contributed by atoms with van der Waals surface area (Å²) in [6.07, 6.45) is 1.97. The lowest BCUT2D eigenvalue weighted by Crippen LogP contribution is -2.27. The average molecular weight is 473 g/mol. The summed E-state index contributed by atoms with van der Waals surface area (Å²) < 4.78 is 5.89. The Hall–Kier alpha value is -2.80. The van der Waals surface area contributed by atoms with Crippen LogP contribution in [0.4, 0.5) is 0 Å². The smallest absolute Gasteiger partial charge is 0.304 e. The first-order valence-corrected chi connectivity index (χ1v) is 12.0. The Bertz CT molecular complexity index is 1010. The van der Waals surface area contributed by atoms with Gasteiger partial charge in [-0.1, -0.05) is 39.3 Å². The van der Waals surface area contributed by atoms with Gasteiger partial charge < -0.3 is 14.9 Å². The highest BCUT2D eigenvalue weighted by Gasteiger charge is 2.31. The highest BCUT2D eigenvalue weighted by atomic mass is 32.2. The second kappa shape index (κ2) is 11.9. The van der Waals surface area contributed by atoms with Crippen molar-refractivity contribution in [3.63, 3.8) is 0 Å². The molecule has 0 aliphatic heterocycles. The molecule has 0 unspecified atom stereocenters. The minimum atomic E-state index is -0.995. The monoisotopic (exact) mass is 472 g/mol. The van der Waals surface area contributed by atoms with E-state index >= 15 is 0 Å². The van der Waals surface area contributed by atoms with Crippen molar-refractivity contribution in [2.24, 2.45) is 5.41 Å². The number of rotatable bonds is 13. The highest BCUT2D eigenvalue weighted by molar-refractivity contribution is 7.99. The first-order chi connectivity index (χ1) is 15.6. The second-order valence-electron chi connectivity index (χ2n) is 8.61. The van der Waals surface area contributed by atoms with Gasteiger partial charge in [0.15, 0.2) is 11.6 Å². The maximum Gasteiger partial charge on any atom is 0.304 e. The van der Waals surface area contributed by atoms with Gasteiger partial charge in [-0.2, -0.15) is 0 Å². The highest BCUT2D eigenvalue weighted by Crippen LogP contribution is 2.33. The molecule has 0 atom stereocenters. The van der Waals surface area contributed by atoms with E-state index in [1.165, 1.54) is 6.92 Å². The van der Waals surface area contributed by atoms with Crippen LogP contribution < -0.4 is 4.74 Å². The lowest BCUT2D eigenvalue weighted by atomic mass is 9.81. The van der Waals surface area contributed by atoms with Crippen LogP contribution in [0.3, 0.4) is 0 Å². The Morgan fingerprint density at radius 1 is 1.12 bits per heavy atom. The van der Waals surface area contributed by atoms with Crippen molar-refractivity contribution < 1.29 is 29.3 Å². The molecule has 0 bridgehead atoms. The zero-order chi connectivity index (χ0) is 24.6. The number of carboxylic acids is 1. The van der Waals surface area contributed by atoms with Gasteiger partial charge in [0.05, 0.1) is 18.6 Å². The third-order valence-corrected chi connectivity index (χ3v) is 6.32. The summed E-state index contributed by atoms with van der Waals surface area (Å²) in [4.78, 5) is 36.4. The number of aliphatic carboxylic acids is 1. The maximum absolute atomic E-state index is 12.7. The van der Waals surface area contributed by atoms with Crippen LogP contribution in [0.15, 0.2) is 41.3 Å². The molecule has 0 saturated carbocycles. The normalized spacial score (nSPS) is 11.3. The number of benzene rings is 2. The van der Waals surface area contributed by atoms with Crippen molar-refractivity contribution in [1.82, 2.24) is 0 Å². The minimum absolute atomic E-state index is 0.00327. The van der Waals surface area contributed by atoms with Gasteiger partial charge in [0.2, 0.25) is 0 Å². The molecule has 2 aromatic carbocycles. The fraction of sp³-hybridized carbons (Fsp3) is 0.423. The molecule has 2 rings (SSSR count). The average Bonchev–Trinajstić information content (AvgIpc) is 2.74. The molecule has 7 heteroatoms. The van der Waals surface area contributed by atoms with Crippen LogP contribution in [0.25, 0.3) is 0 Å². The standard InChI is InChI=1S/C26H32O6S/c1-5-8-21-22(12-11-20(17(2)27)24(21)30)32-13-7-14-33-19-10-6-9-18(15-19)25(31)26(3,4)16-23(28)29/h6,9-12,15,30H,5,7-8,13-14,16H2,1-4H3,(H,28,29). The van der Waals surface area contributed by atoms with E-state index in [4.69, 9.17) is 9.84 Å². The predicted molar refractivity (Wildman–Crippen MR) is 130 cm³/mol. The number of hydrogen-bond donors (Lipinski definition) is 2. The van der Waals surface area contributed by atoms with Crippen LogP contribution in [0, 0.1) is 5.41 Å². The Labute approximate surface area is 199 Å². The number of ether oxygens (including phenoxy) is 1. The zero-order valence-electron chi connectivity index (χ0n) is 19.6. The number of carboxylic acid groups (broad SMARTS) is 1. The second-order valence-corrected chi connectivity index (χ2v) is 9.77. The van der Waals surface area contributed by atoms with Crippen molar-refractivity contribution >= 4 is 29.3 Å². The number of thioether (sulfide) groups is 1. The van der Waals surface area contributed by atoms with E-state index in [2.05, 4.69) is 0 Å². The first kappa shape index (κ1) is 26.5. The molecule has 0 saturated heterocycles. The van der Waals surface area contributed by atoms with Crippen LogP contribution in [0.5, 0.6) is 11.5 Å². The van der Waals surface area contributed by atoms with Gasteiger partial charge in [-0.3, -0.25) is 14.4 Å². The number of ketones is 2. The molecule has 0 aromatic heterocycles. The summed E-state index contributed by atoms with van der Waals surface area (Å²) >= 11 is 1.59. The van der Waals surface area contributed by atoms with Crippen molar-refractivity contribution in [3.8, 4) is 11.5 Å². The Morgan fingerprint density at radius 3 is 2.48 bits per heavy atom. The molecule has 0 fully saturated rings. The van der Waals surface area contributed by atoms with Crippen molar-refractivity contribution in [2.45, 2.75) is 58.3 Å². The van der Waals surface area contributed by atoms with Crippen molar-refractivity contribution in [2.75, 3.05) is 12.4 Å². The fourth-order valence-corrected chi connectivity index (χ4v) is 4.42. The number of hydrogen-bond acceptors (Lipinski definition) is 6. The molecule has 0 heterocycles. The molecule has 0 aliphatic rings. The molecular weight excluding hydrogens is 440 g/mol. The predicted octanol–water partition coefficient (Wildman–Crippen LogP) is 5.79. The zero-order valence-corrected chi connectivity index (χ0v) is 20.5. The van der Waals surface area contributed by atoms with Crippen LogP contribution in [0.1, 0.15) is 73.2 Å². The molecule has 0 radical (unpaired) electrons. The van der Waals surface area contributed by atoms with Crippen LogP contribution in [0.2, 0.25) is 0 Å². The molecule has 2 aromatic rings. The van der Waals surface area contributed by atoms with E-state index in [0.29, 0.717) is 35.5 Å². The van der Waals surface area contributed by atoms with Gasteiger partial charge in [0, 0.05) is 27.2 Å². The van der Waals surface area contributed by atoms with E-state index in [9.17, 15) is 19.5 Å². The maximum atomic E-state index is 12.7. The number of carbonyl (C=O) groups excluding carboxylic acids is 2. The number of phenolic OH excluding ortho intramolecular Hbond substituents is 1. The summed E-state index contributed by atoms with van der Waals surface area (Å²) in [7, 11) is 0. The van der Waals surface area contributed by atoms with E-state index < -0.39 is 11.4 Å². The van der Waals surface area contributed by atoms with Crippen molar-refractivity contribution in [3.05, 3.63) is 53.1 Å². The Morgan fingerprint density at radius 2 is 1.85 bits per heavy atom. The van der Waals surface area contributed by atoms with Gasteiger partial charge in [0.1, 0.15) is 11.5 Å². The SMILES string of the molecule is CCCc1c(OCCCSc2cccc(C(=O)C(C)(C)CC(=O)O)c2)ccc(C(C)=O)c1O. The lowest BCUT2D eigenvalue weighted by molar-refractivity contribution is -0.138. The van der Waals surface area contributed by atoms with E-state index in [-0.39, 0.29) is 23.7 Å². The van der Waals surface area contributed by atoms with Crippen LogP contribution >= 0.6 is 11.8 Å². The third-order valence-electron chi connectivity index (χ3n) is 5.24. The third kappa shape index (κ3) is 7.35. The molecule has 178 valence electrons. The Balaban J connectivity index is 1.94. The minimum Gasteiger partial charge on any atom is -0.507 e. The number of aromatic hydroxyl groups is 1. The summed E-state index contributed by atoms with van der Waals surface area (Å²) in [5, 5.41) is 19.5. The van der Waals surface area contributed by atoms with E-state index in [1.807, 2.05) is 13.0 Å². The quantitative estimate of drug-likeness (QED) is 0.216. The Kier molecular flexibility index (Phi) is 9.53. The fourth-order valence-electron chi connectivity index (χ4n) is 3.54. The van der Waals surface area contributed by atoms with Gasteiger partial charge in [0.25, 0.3) is 0 Å². The largest absolute Gasteiger partial charge is 0.507 e. The topological polar surface area (TPSA) is 101 Å². The summed E-state index contributed by atoms with van der Waals surface area (Å²) in [6, 6.07) is 10.6. The van der Waals surface area contributed by atoms with Gasteiger partial charge >= 0.3 is 5.97 Å².